The van der Waals surface area contributed by atoms with Gasteiger partial charge < -0.3 is 14.9 Å². The van der Waals surface area contributed by atoms with Gasteiger partial charge in [0.05, 0.1) is 12.3 Å². The number of rotatable bonds is 4. The highest BCUT2D eigenvalue weighted by Gasteiger charge is 2.42. The maximum absolute atomic E-state index is 9.81. The van der Waals surface area contributed by atoms with Crippen LogP contribution in [0.15, 0.2) is 16.9 Å². The van der Waals surface area contributed by atoms with Crippen molar-refractivity contribution in [2.45, 2.75) is 52.1 Å². The Morgan fingerprint density at radius 2 is 2.28 bits per heavy atom. The molecule has 2 N–H and O–H groups in total. The van der Waals surface area contributed by atoms with Gasteiger partial charge in [-0.25, -0.2) is 0 Å². The van der Waals surface area contributed by atoms with E-state index >= 15 is 0 Å². The zero-order valence-corrected chi connectivity index (χ0v) is 11.6. The molecule has 1 aromatic rings. The molecule has 2 atom stereocenters. The summed E-state index contributed by atoms with van der Waals surface area (Å²) in [4.78, 5) is 0. The highest BCUT2D eigenvalue weighted by Crippen LogP contribution is 2.43. The van der Waals surface area contributed by atoms with Gasteiger partial charge in [-0.2, -0.15) is 0 Å². The van der Waals surface area contributed by atoms with Crippen molar-refractivity contribution < 1.29 is 9.63 Å². The minimum absolute atomic E-state index is 0.179. The standard InChI is InChI=1S/C14H24N2O2/c1-11-6-13(2,3)9-14(7-11,10-17)15-8-12-4-5-18-16-12/h4-5,11,15,17H,6-10H2,1-3H3/t11-,14-/m1/s1. The van der Waals surface area contributed by atoms with Gasteiger partial charge in [0.15, 0.2) is 0 Å². The number of nitrogens with one attached hydrogen (secondary N) is 1. The van der Waals surface area contributed by atoms with Crippen LogP contribution in [0.1, 0.15) is 45.7 Å². The van der Waals surface area contributed by atoms with Crippen LogP contribution in [0.2, 0.25) is 0 Å². The van der Waals surface area contributed by atoms with Crippen LogP contribution in [0.25, 0.3) is 0 Å². The van der Waals surface area contributed by atoms with Gasteiger partial charge in [-0.3, -0.25) is 0 Å². The van der Waals surface area contributed by atoms with Crippen LogP contribution < -0.4 is 5.32 Å². The minimum Gasteiger partial charge on any atom is -0.394 e. The largest absolute Gasteiger partial charge is 0.394 e. The quantitative estimate of drug-likeness (QED) is 0.863. The molecule has 0 aromatic carbocycles. The Labute approximate surface area is 109 Å². The van der Waals surface area contributed by atoms with Gasteiger partial charge in [-0.15, -0.1) is 0 Å². The van der Waals surface area contributed by atoms with E-state index in [1.165, 1.54) is 6.42 Å². The molecular weight excluding hydrogens is 228 g/mol. The van der Waals surface area contributed by atoms with E-state index in [1.54, 1.807) is 6.26 Å². The fourth-order valence-electron chi connectivity index (χ4n) is 3.66. The van der Waals surface area contributed by atoms with Gasteiger partial charge in [0.25, 0.3) is 0 Å². The molecule has 4 nitrogen and oxygen atoms in total. The fraction of sp³-hybridized carbons (Fsp3) is 0.786. The Hall–Kier alpha value is -0.870. The smallest absolute Gasteiger partial charge is 0.124 e. The van der Waals surface area contributed by atoms with E-state index in [0.717, 1.165) is 18.5 Å². The fourth-order valence-corrected chi connectivity index (χ4v) is 3.66. The van der Waals surface area contributed by atoms with Crippen LogP contribution in [-0.2, 0) is 6.54 Å². The van der Waals surface area contributed by atoms with Gasteiger partial charge >= 0.3 is 0 Å². The lowest BCUT2D eigenvalue weighted by atomic mass is 9.64. The second kappa shape index (κ2) is 5.02. The van der Waals surface area contributed by atoms with Crippen molar-refractivity contribution in [3.05, 3.63) is 18.0 Å². The molecule has 0 amide bonds. The minimum atomic E-state index is -0.180. The van der Waals surface area contributed by atoms with Crippen LogP contribution in [0.5, 0.6) is 0 Å². The highest BCUT2D eigenvalue weighted by molar-refractivity contribution is 5.02. The Morgan fingerprint density at radius 1 is 1.50 bits per heavy atom. The van der Waals surface area contributed by atoms with Gasteiger partial charge in [-0.1, -0.05) is 25.9 Å². The molecule has 18 heavy (non-hydrogen) atoms. The third-order valence-electron chi connectivity index (χ3n) is 3.90. The van der Waals surface area contributed by atoms with E-state index in [4.69, 9.17) is 4.52 Å². The second-order valence-electron chi connectivity index (χ2n) is 6.64. The number of aliphatic hydroxyl groups is 1. The maximum Gasteiger partial charge on any atom is 0.124 e. The molecular formula is C14H24N2O2. The molecule has 0 spiro atoms. The van der Waals surface area contributed by atoms with Crippen molar-refractivity contribution in [2.75, 3.05) is 6.61 Å². The van der Waals surface area contributed by atoms with Crippen LogP contribution in [0, 0.1) is 11.3 Å². The van der Waals surface area contributed by atoms with Gasteiger partial charge in [0, 0.05) is 18.2 Å². The van der Waals surface area contributed by atoms with Crippen molar-refractivity contribution in [2.24, 2.45) is 11.3 Å². The first-order valence-corrected chi connectivity index (χ1v) is 6.70. The third-order valence-corrected chi connectivity index (χ3v) is 3.90. The van der Waals surface area contributed by atoms with E-state index in [1.807, 2.05) is 6.07 Å². The Morgan fingerprint density at radius 3 is 2.83 bits per heavy atom. The maximum atomic E-state index is 9.81. The van der Waals surface area contributed by atoms with Crippen molar-refractivity contribution >= 4 is 0 Å². The molecule has 2 rings (SSSR count). The molecule has 0 saturated heterocycles. The summed E-state index contributed by atoms with van der Waals surface area (Å²) in [6.07, 6.45) is 4.82. The lowest BCUT2D eigenvalue weighted by molar-refractivity contribution is 0.0349. The summed E-state index contributed by atoms with van der Waals surface area (Å²) in [6, 6.07) is 1.86. The number of nitrogens with zero attached hydrogens (tertiary/aromatic N) is 1. The van der Waals surface area contributed by atoms with E-state index in [0.29, 0.717) is 12.5 Å². The SMILES string of the molecule is C[C@@H]1CC(C)(C)C[C@](CO)(NCc2ccon2)C1. The molecule has 1 saturated carbocycles. The van der Waals surface area contributed by atoms with Crippen LogP contribution >= 0.6 is 0 Å². The Balaban J connectivity index is 2.05. The first-order valence-electron chi connectivity index (χ1n) is 6.70. The highest BCUT2D eigenvalue weighted by atomic mass is 16.5. The zero-order chi connectivity index (χ0) is 13.2. The van der Waals surface area contributed by atoms with Crippen molar-refractivity contribution in [3.63, 3.8) is 0 Å². The van der Waals surface area contributed by atoms with Gasteiger partial charge in [-0.05, 0) is 30.6 Å². The lowest BCUT2D eigenvalue weighted by Gasteiger charge is -2.47. The Bertz CT molecular complexity index is 375. The number of aliphatic hydroxyl groups excluding tert-OH is 1. The van der Waals surface area contributed by atoms with E-state index in [-0.39, 0.29) is 17.6 Å². The topological polar surface area (TPSA) is 58.3 Å². The Kier molecular flexibility index (Phi) is 3.78. The van der Waals surface area contributed by atoms with E-state index in [9.17, 15) is 5.11 Å². The van der Waals surface area contributed by atoms with E-state index in [2.05, 4.69) is 31.2 Å². The first kappa shape index (κ1) is 13.6. The normalized spacial score (nSPS) is 31.4. The monoisotopic (exact) mass is 252 g/mol. The number of hydrogen-bond acceptors (Lipinski definition) is 4. The van der Waals surface area contributed by atoms with Gasteiger partial charge in [0.2, 0.25) is 0 Å². The average molecular weight is 252 g/mol. The zero-order valence-electron chi connectivity index (χ0n) is 11.6. The molecule has 0 aliphatic heterocycles. The molecule has 0 radical (unpaired) electrons. The van der Waals surface area contributed by atoms with Crippen LogP contribution in [0.3, 0.4) is 0 Å². The predicted molar refractivity (Wildman–Crippen MR) is 70.0 cm³/mol. The van der Waals surface area contributed by atoms with E-state index < -0.39 is 0 Å². The molecule has 0 unspecified atom stereocenters. The molecule has 1 heterocycles. The van der Waals surface area contributed by atoms with Gasteiger partial charge in [0.1, 0.15) is 6.26 Å². The summed E-state index contributed by atoms with van der Waals surface area (Å²) >= 11 is 0. The summed E-state index contributed by atoms with van der Waals surface area (Å²) in [5, 5.41) is 17.2. The first-order chi connectivity index (χ1) is 8.45. The third kappa shape index (κ3) is 3.12. The van der Waals surface area contributed by atoms with Crippen molar-refractivity contribution in [1.29, 1.82) is 0 Å². The number of hydrogen-bond donors (Lipinski definition) is 2. The molecule has 1 aliphatic carbocycles. The summed E-state index contributed by atoms with van der Waals surface area (Å²) in [6.45, 7) is 7.66. The lowest BCUT2D eigenvalue weighted by Crippen LogP contribution is -2.54. The summed E-state index contributed by atoms with van der Waals surface area (Å²) in [5.41, 5.74) is 0.982. The predicted octanol–water partition coefficient (Wildman–Crippen LogP) is 2.34. The van der Waals surface area contributed by atoms with Crippen molar-refractivity contribution in [3.8, 4) is 0 Å². The molecule has 1 aliphatic rings. The average Bonchev–Trinajstić information content (AvgIpc) is 2.76. The van der Waals surface area contributed by atoms with Crippen molar-refractivity contribution in [1.82, 2.24) is 10.5 Å². The van der Waals surface area contributed by atoms with Crippen LogP contribution in [-0.4, -0.2) is 22.4 Å². The summed E-state index contributed by atoms with van der Waals surface area (Å²) in [7, 11) is 0. The summed E-state index contributed by atoms with van der Waals surface area (Å²) in [5.74, 6) is 0.630. The second-order valence-corrected chi connectivity index (χ2v) is 6.64. The molecule has 0 bridgehead atoms. The molecule has 102 valence electrons. The molecule has 1 fully saturated rings. The summed E-state index contributed by atoms with van der Waals surface area (Å²) < 4.78 is 4.83. The number of aromatic nitrogens is 1. The van der Waals surface area contributed by atoms with Crippen LogP contribution in [0.4, 0.5) is 0 Å². The molecule has 4 heteroatoms. The molecule has 1 aromatic heterocycles.